The SMILES string of the molecule is CCCC1CCN(c2nc(CN)cs2)CC1. The van der Waals surface area contributed by atoms with Gasteiger partial charge in [-0.1, -0.05) is 19.8 Å². The highest BCUT2D eigenvalue weighted by atomic mass is 32.1. The molecule has 2 N–H and O–H groups in total. The predicted octanol–water partition coefficient (Wildman–Crippen LogP) is 2.62. The van der Waals surface area contributed by atoms with Crippen molar-refractivity contribution in [2.75, 3.05) is 18.0 Å². The molecule has 16 heavy (non-hydrogen) atoms. The largest absolute Gasteiger partial charge is 0.348 e. The number of thiazole rings is 1. The predicted molar refractivity (Wildman–Crippen MR) is 69.9 cm³/mol. The van der Waals surface area contributed by atoms with Crippen molar-refractivity contribution in [3.05, 3.63) is 11.1 Å². The number of aromatic nitrogens is 1. The summed E-state index contributed by atoms with van der Waals surface area (Å²) in [5.41, 5.74) is 6.60. The second-order valence-corrected chi connectivity index (χ2v) is 5.38. The summed E-state index contributed by atoms with van der Waals surface area (Å²) in [5.74, 6) is 0.940. The van der Waals surface area contributed by atoms with Crippen LogP contribution in [-0.4, -0.2) is 18.1 Å². The zero-order valence-corrected chi connectivity index (χ0v) is 10.8. The molecular weight excluding hydrogens is 218 g/mol. The highest BCUT2D eigenvalue weighted by Crippen LogP contribution is 2.27. The van der Waals surface area contributed by atoms with Gasteiger partial charge in [0.05, 0.1) is 5.69 Å². The van der Waals surface area contributed by atoms with Crippen molar-refractivity contribution in [3.8, 4) is 0 Å². The molecule has 0 atom stereocenters. The first-order valence-electron chi connectivity index (χ1n) is 6.23. The number of hydrogen-bond acceptors (Lipinski definition) is 4. The molecule has 2 rings (SSSR count). The Hall–Kier alpha value is -0.610. The minimum atomic E-state index is 0.558. The van der Waals surface area contributed by atoms with Crippen LogP contribution in [0.2, 0.25) is 0 Å². The topological polar surface area (TPSA) is 42.2 Å². The first-order chi connectivity index (χ1) is 7.83. The fourth-order valence-corrected chi connectivity index (χ4v) is 3.25. The number of nitrogens with zero attached hydrogens (tertiary/aromatic N) is 2. The van der Waals surface area contributed by atoms with Gasteiger partial charge < -0.3 is 10.6 Å². The van der Waals surface area contributed by atoms with E-state index in [9.17, 15) is 0 Å². The van der Waals surface area contributed by atoms with Crippen LogP contribution >= 0.6 is 11.3 Å². The molecule has 1 fully saturated rings. The average molecular weight is 239 g/mol. The number of anilines is 1. The van der Waals surface area contributed by atoms with Crippen LogP contribution in [0, 0.1) is 5.92 Å². The third-order valence-corrected chi connectivity index (χ3v) is 4.28. The summed E-state index contributed by atoms with van der Waals surface area (Å²) in [5, 5.41) is 3.24. The van der Waals surface area contributed by atoms with Crippen molar-refractivity contribution >= 4 is 16.5 Å². The lowest BCUT2D eigenvalue weighted by Crippen LogP contribution is -2.33. The van der Waals surface area contributed by atoms with E-state index in [1.165, 1.54) is 38.8 Å². The third-order valence-electron chi connectivity index (χ3n) is 3.33. The molecular formula is C12H21N3S. The van der Waals surface area contributed by atoms with E-state index in [-0.39, 0.29) is 0 Å². The van der Waals surface area contributed by atoms with Gasteiger partial charge in [0.2, 0.25) is 0 Å². The number of hydrogen-bond donors (Lipinski definition) is 1. The van der Waals surface area contributed by atoms with Gasteiger partial charge in [0, 0.05) is 25.0 Å². The number of rotatable bonds is 4. The maximum atomic E-state index is 5.58. The van der Waals surface area contributed by atoms with E-state index in [4.69, 9.17) is 5.73 Å². The summed E-state index contributed by atoms with van der Waals surface area (Å²) < 4.78 is 0. The minimum absolute atomic E-state index is 0.558. The highest BCUT2D eigenvalue weighted by Gasteiger charge is 2.20. The Morgan fingerprint density at radius 1 is 1.50 bits per heavy atom. The summed E-state index contributed by atoms with van der Waals surface area (Å²) in [6.07, 6.45) is 5.36. The van der Waals surface area contributed by atoms with E-state index in [1.807, 2.05) is 0 Å². The molecule has 0 bridgehead atoms. The molecule has 1 aliphatic rings. The lowest BCUT2D eigenvalue weighted by molar-refractivity contribution is 0.378. The van der Waals surface area contributed by atoms with E-state index < -0.39 is 0 Å². The van der Waals surface area contributed by atoms with Gasteiger partial charge in [-0.15, -0.1) is 11.3 Å². The molecule has 3 nitrogen and oxygen atoms in total. The first-order valence-corrected chi connectivity index (χ1v) is 7.11. The Morgan fingerprint density at radius 2 is 2.25 bits per heavy atom. The van der Waals surface area contributed by atoms with Crippen molar-refractivity contribution in [3.63, 3.8) is 0 Å². The minimum Gasteiger partial charge on any atom is -0.348 e. The molecule has 1 aliphatic heterocycles. The average Bonchev–Trinajstić information content (AvgIpc) is 2.79. The van der Waals surface area contributed by atoms with Gasteiger partial charge >= 0.3 is 0 Å². The van der Waals surface area contributed by atoms with Gasteiger partial charge in [-0.3, -0.25) is 0 Å². The fourth-order valence-electron chi connectivity index (χ4n) is 2.36. The molecule has 1 saturated heterocycles. The van der Waals surface area contributed by atoms with Gasteiger partial charge in [0.25, 0.3) is 0 Å². The van der Waals surface area contributed by atoms with Crippen LogP contribution in [-0.2, 0) is 6.54 Å². The lowest BCUT2D eigenvalue weighted by atomic mass is 9.93. The fraction of sp³-hybridized carbons (Fsp3) is 0.750. The van der Waals surface area contributed by atoms with E-state index in [0.717, 1.165) is 16.7 Å². The highest BCUT2D eigenvalue weighted by molar-refractivity contribution is 7.13. The normalized spacial score (nSPS) is 18.0. The standard InChI is InChI=1S/C12H21N3S/c1-2-3-10-4-6-15(7-5-10)12-14-11(8-13)9-16-12/h9-10H,2-8,13H2,1H3. The van der Waals surface area contributed by atoms with Crippen molar-refractivity contribution in [2.45, 2.75) is 39.2 Å². The Labute approximate surface area is 102 Å². The second kappa shape index (κ2) is 5.64. The zero-order valence-electron chi connectivity index (χ0n) is 9.98. The quantitative estimate of drug-likeness (QED) is 0.878. The van der Waals surface area contributed by atoms with Crippen LogP contribution in [0.15, 0.2) is 5.38 Å². The monoisotopic (exact) mass is 239 g/mol. The van der Waals surface area contributed by atoms with Crippen LogP contribution in [0.4, 0.5) is 5.13 Å². The summed E-state index contributed by atoms with van der Waals surface area (Å²) in [6.45, 7) is 5.17. The van der Waals surface area contributed by atoms with Crippen LogP contribution in [0.25, 0.3) is 0 Å². The van der Waals surface area contributed by atoms with Crippen molar-refractivity contribution in [1.82, 2.24) is 4.98 Å². The van der Waals surface area contributed by atoms with Crippen LogP contribution < -0.4 is 10.6 Å². The van der Waals surface area contributed by atoms with Crippen LogP contribution in [0.5, 0.6) is 0 Å². The van der Waals surface area contributed by atoms with Gasteiger partial charge in [-0.2, -0.15) is 0 Å². The molecule has 0 unspecified atom stereocenters. The molecule has 1 aromatic rings. The lowest BCUT2D eigenvalue weighted by Gasteiger charge is -2.31. The molecule has 0 aliphatic carbocycles. The Kier molecular flexibility index (Phi) is 4.18. The molecule has 0 amide bonds. The zero-order chi connectivity index (χ0) is 11.4. The second-order valence-electron chi connectivity index (χ2n) is 4.54. The van der Waals surface area contributed by atoms with E-state index in [0.29, 0.717) is 6.54 Å². The van der Waals surface area contributed by atoms with Crippen molar-refractivity contribution in [1.29, 1.82) is 0 Å². The van der Waals surface area contributed by atoms with Crippen molar-refractivity contribution in [2.24, 2.45) is 11.7 Å². The van der Waals surface area contributed by atoms with Crippen molar-refractivity contribution < 1.29 is 0 Å². The summed E-state index contributed by atoms with van der Waals surface area (Å²) in [7, 11) is 0. The summed E-state index contributed by atoms with van der Waals surface area (Å²) in [6, 6.07) is 0. The number of nitrogens with two attached hydrogens (primary N) is 1. The summed E-state index contributed by atoms with van der Waals surface area (Å²) >= 11 is 1.73. The van der Waals surface area contributed by atoms with Crippen LogP contribution in [0.1, 0.15) is 38.3 Å². The number of piperidine rings is 1. The van der Waals surface area contributed by atoms with E-state index >= 15 is 0 Å². The van der Waals surface area contributed by atoms with Crippen LogP contribution in [0.3, 0.4) is 0 Å². The maximum absolute atomic E-state index is 5.58. The Morgan fingerprint density at radius 3 is 2.81 bits per heavy atom. The maximum Gasteiger partial charge on any atom is 0.185 e. The van der Waals surface area contributed by atoms with Gasteiger partial charge in [-0.25, -0.2) is 4.98 Å². The molecule has 0 aromatic carbocycles. The van der Waals surface area contributed by atoms with Gasteiger partial charge in [0.15, 0.2) is 5.13 Å². The van der Waals surface area contributed by atoms with E-state index in [2.05, 4.69) is 22.2 Å². The third kappa shape index (κ3) is 2.74. The molecule has 0 saturated carbocycles. The molecule has 0 spiro atoms. The smallest absolute Gasteiger partial charge is 0.185 e. The molecule has 1 aromatic heterocycles. The van der Waals surface area contributed by atoms with Gasteiger partial charge in [-0.05, 0) is 18.8 Å². The Bertz CT molecular complexity index is 316. The summed E-state index contributed by atoms with van der Waals surface area (Å²) in [4.78, 5) is 6.96. The first kappa shape index (κ1) is 11.9. The molecule has 90 valence electrons. The molecule has 4 heteroatoms. The Balaban J connectivity index is 1.88. The molecule has 2 heterocycles. The molecule has 0 radical (unpaired) electrons. The van der Waals surface area contributed by atoms with Gasteiger partial charge in [0.1, 0.15) is 0 Å². The van der Waals surface area contributed by atoms with E-state index in [1.54, 1.807) is 11.3 Å².